The summed E-state index contributed by atoms with van der Waals surface area (Å²) in [6.45, 7) is 2.08. The molecule has 102 valence electrons. The van der Waals surface area contributed by atoms with Crippen molar-refractivity contribution >= 4 is 17.0 Å². The highest BCUT2D eigenvalue weighted by Gasteiger charge is 2.08. The number of fused-ring (bicyclic) bond motifs is 1. The largest absolute Gasteiger partial charge is 0.300 e. The minimum Gasteiger partial charge on any atom is -0.300 e. The number of rotatable bonds is 2. The molecule has 0 saturated heterocycles. The lowest BCUT2D eigenvalue weighted by molar-refractivity contribution is 1.17. The van der Waals surface area contributed by atoms with Gasteiger partial charge in [0.15, 0.2) is 0 Å². The summed E-state index contributed by atoms with van der Waals surface area (Å²) in [6.07, 6.45) is 5.84. The van der Waals surface area contributed by atoms with Crippen molar-refractivity contribution < 1.29 is 0 Å². The van der Waals surface area contributed by atoms with E-state index in [1.54, 1.807) is 11.3 Å². The van der Waals surface area contributed by atoms with Crippen LogP contribution in [0.3, 0.4) is 0 Å². The highest BCUT2D eigenvalue weighted by molar-refractivity contribution is 7.13. The Morgan fingerprint density at radius 1 is 1.05 bits per heavy atom. The molecule has 4 aromatic rings. The first-order valence-corrected chi connectivity index (χ1v) is 7.63. The Kier molecular flexibility index (Phi) is 2.82. The van der Waals surface area contributed by atoms with Gasteiger partial charge in [-0.2, -0.15) is 0 Å². The predicted molar refractivity (Wildman–Crippen MR) is 86.5 cm³/mol. The molecule has 0 fully saturated rings. The summed E-state index contributed by atoms with van der Waals surface area (Å²) in [7, 11) is 0. The fourth-order valence-electron chi connectivity index (χ4n) is 2.47. The van der Waals surface area contributed by atoms with Gasteiger partial charge >= 0.3 is 0 Å². The second-order valence-electron chi connectivity index (χ2n) is 4.99. The minimum atomic E-state index is 0.977. The van der Waals surface area contributed by atoms with Gasteiger partial charge in [0.2, 0.25) is 0 Å². The van der Waals surface area contributed by atoms with E-state index in [1.165, 1.54) is 5.56 Å². The molecule has 0 amide bonds. The van der Waals surface area contributed by atoms with E-state index in [0.29, 0.717) is 0 Å². The third-order valence-corrected chi connectivity index (χ3v) is 4.33. The summed E-state index contributed by atoms with van der Waals surface area (Å²) >= 11 is 1.65. The molecule has 0 N–H and O–H groups in total. The molecule has 3 heterocycles. The first kappa shape index (κ1) is 12.3. The van der Waals surface area contributed by atoms with E-state index in [2.05, 4.69) is 63.9 Å². The molecule has 0 saturated carbocycles. The quantitative estimate of drug-likeness (QED) is 0.547. The van der Waals surface area contributed by atoms with Crippen molar-refractivity contribution in [3.63, 3.8) is 0 Å². The Morgan fingerprint density at radius 3 is 2.81 bits per heavy atom. The van der Waals surface area contributed by atoms with E-state index >= 15 is 0 Å². The number of hydrogen-bond donors (Lipinski definition) is 0. The molecule has 0 spiro atoms. The van der Waals surface area contributed by atoms with Crippen molar-refractivity contribution in [2.75, 3.05) is 0 Å². The molecule has 0 unspecified atom stereocenters. The van der Waals surface area contributed by atoms with Crippen molar-refractivity contribution in [1.82, 2.24) is 14.4 Å². The molecule has 0 radical (unpaired) electrons. The number of hydrogen-bond acceptors (Lipinski definition) is 3. The predicted octanol–water partition coefficient (Wildman–Crippen LogP) is 4.43. The monoisotopic (exact) mass is 291 g/mol. The number of nitrogens with zero attached hydrogens (tertiary/aromatic N) is 3. The highest BCUT2D eigenvalue weighted by Crippen LogP contribution is 2.28. The number of aryl methyl sites for hydroxylation is 1. The normalized spacial score (nSPS) is 11.1. The van der Waals surface area contributed by atoms with Crippen LogP contribution in [0.15, 0.2) is 60.4 Å². The van der Waals surface area contributed by atoms with Gasteiger partial charge in [0.05, 0.1) is 11.9 Å². The summed E-state index contributed by atoms with van der Waals surface area (Å²) in [4.78, 5) is 8.88. The summed E-state index contributed by atoms with van der Waals surface area (Å²) < 4.78 is 2.12. The number of benzene rings is 1. The van der Waals surface area contributed by atoms with Crippen LogP contribution in [0.25, 0.3) is 27.5 Å². The Morgan fingerprint density at radius 2 is 1.95 bits per heavy atom. The van der Waals surface area contributed by atoms with Crippen molar-refractivity contribution in [3.05, 3.63) is 65.9 Å². The number of imidazole rings is 1. The standard InChI is InChI=1S/C17H13N3S/c1-12-5-7-20-15(11-19-16(20)9-12)13-3-2-4-14(10-13)17-18-6-8-21-17/h2-11H,1H3. The van der Waals surface area contributed by atoms with Crippen LogP contribution in [0.2, 0.25) is 0 Å². The maximum absolute atomic E-state index is 4.50. The zero-order chi connectivity index (χ0) is 14.2. The van der Waals surface area contributed by atoms with Gasteiger partial charge in [0.1, 0.15) is 10.7 Å². The Labute approximate surface area is 126 Å². The van der Waals surface area contributed by atoms with Gasteiger partial charge in [-0.05, 0) is 30.7 Å². The SMILES string of the molecule is Cc1ccn2c(-c3cccc(-c4nccs4)c3)cnc2c1. The molecule has 0 aliphatic carbocycles. The molecule has 21 heavy (non-hydrogen) atoms. The van der Waals surface area contributed by atoms with Crippen molar-refractivity contribution in [1.29, 1.82) is 0 Å². The van der Waals surface area contributed by atoms with Crippen molar-refractivity contribution in [2.45, 2.75) is 6.92 Å². The number of pyridine rings is 1. The van der Waals surface area contributed by atoms with Gasteiger partial charge in [-0.1, -0.05) is 18.2 Å². The van der Waals surface area contributed by atoms with E-state index < -0.39 is 0 Å². The van der Waals surface area contributed by atoms with Crippen molar-refractivity contribution in [3.8, 4) is 21.8 Å². The molecular formula is C17H13N3S. The maximum Gasteiger partial charge on any atom is 0.137 e. The minimum absolute atomic E-state index is 0.977. The molecule has 0 aliphatic rings. The molecular weight excluding hydrogens is 278 g/mol. The van der Waals surface area contributed by atoms with Gasteiger partial charge in [-0.15, -0.1) is 11.3 Å². The van der Waals surface area contributed by atoms with Gasteiger partial charge in [-0.3, -0.25) is 4.40 Å². The van der Waals surface area contributed by atoms with E-state index in [-0.39, 0.29) is 0 Å². The molecule has 0 atom stereocenters. The first-order chi connectivity index (χ1) is 10.3. The lowest BCUT2D eigenvalue weighted by Gasteiger charge is -2.04. The smallest absolute Gasteiger partial charge is 0.137 e. The topological polar surface area (TPSA) is 30.2 Å². The van der Waals surface area contributed by atoms with Crippen molar-refractivity contribution in [2.24, 2.45) is 0 Å². The van der Waals surface area contributed by atoms with Crippen LogP contribution in [0.1, 0.15) is 5.56 Å². The maximum atomic E-state index is 4.50. The summed E-state index contributed by atoms with van der Waals surface area (Å²) in [5, 5.41) is 3.04. The zero-order valence-corrected chi connectivity index (χ0v) is 12.3. The molecule has 1 aromatic carbocycles. The van der Waals surface area contributed by atoms with Crippen LogP contribution in [0, 0.1) is 6.92 Å². The van der Waals surface area contributed by atoms with E-state index in [0.717, 1.165) is 27.5 Å². The van der Waals surface area contributed by atoms with Gasteiger partial charge in [0, 0.05) is 28.9 Å². The lowest BCUT2D eigenvalue weighted by atomic mass is 10.1. The van der Waals surface area contributed by atoms with E-state index in [9.17, 15) is 0 Å². The third-order valence-electron chi connectivity index (χ3n) is 3.51. The molecule has 3 nitrogen and oxygen atoms in total. The average Bonchev–Trinajstić information content (AvgIpc) is 3.16. The van der Waals surface area contributed by atoms with Crippen LogP contribution in [-0.2, 0) is 0 Å². The van der Waals surface area contributed by atoms with Gasteiger partial charge in [0.25, 0.3) is 0 Å². The van der Waals surface area contributed by atoms with E-state index in [1.807, 2.05) is 17.8 Å². The summed E-state index contributed by atoms with van der Waals surface area (Å²) in [6, 6.07) is 12.6. The number of thiazole rings is 1. The van der Waals surface area contributed by atoms with Crippen LogP contribution in [0.5, 0.6) is 0 Å². The number of aromatic nitrogens is 3. The molecule has 3 aromatic heterocycles. The Hall–Kier alpha value is -2.46. The van der Waals surface area contributed by atoms with E-state index in [4.69, 9.17) is 0 Å². The lowest BCUT2D eigenvalue weighted by Crippen LogP contribution is -1.89. The molecule has 0 aliphatic heterocycles. The Balaban J connectivity index is 1.87. The second-order valence-corrected chi connectivity index (χ2v) is 5.89. The molecule has 4 heteroatoms. The van der Waals surface area contributed by atoms with Crippen LogP contribution < -0.4 is 0 Å². The van der Waals surface area contributed by atoms with Crippen LogP contribution >= 0.6 is 11.3 Å². The summed E-state index contributed by atoms with van der Waals surface area (Å²) in [5.41, 5.74) is 5.59. The molecule has 4 rings (SSSR count). The van der Waals surface area contributed by atoms with Gasteiger partial charge < -0.3 is 0 Å². The zero-order valence-electron chi connectivity index (χ0n) is 11.5. The highest BCUT2D eigenvalue weighted by atomic mass is 32.1. The Bertz CT molecular complexity index is 907. The summed E-state index contributed by atoms with van der Waals surface area (Å²) in [5.74, 6) is 0. The van der Waals surface area contributed by atoms with Crippen LogP contribution in [0.4, 0.5) is 0 Å². The van der Waals surface area contributed by atoms with Gasteiger partial charge in [-0.25, -0.2) is 9.97 Å². The van der Waals surface area contributed by atoms with Crippen LogP contribution in [-0.4, -0.2) is 14.4 Å². The fraction of sp³-hybridized carbons (Fsp3) is 0.0588. The first-order valence-electron chi connectivity index (χ1n) is 6.75. The molecule has 0 bridgehead atoms. The second kappa shape index (κ2) is 4.82. The fourth-order valence-corrected chi connectivity index (χ4v) is 3.11. The third kappa shape index (κ3) is 2.14. The average molecular weight is 291 g/mol.